The van der Waals surface area contributed by atoms with Crippen LogP contribution in [0.3, 0.4) is 0 Å². The zero-order valence-corrected chi connectivity index (χ0v) is 13.0. The standard InChI is InChI=1S/C15H25N5O/c1-3-6-12-13-14(19(2)18-12)20(15(16)17-13)9-8-11-7-4-5-10-21-11/h11H,3-10H2,1-2H3,(H2,16,17). The first-order valence-electron chi connectivity index (χ1n) is 8.00. The molecule has 1 aliphatic rings. The minimum absolute atomic E-state index is 0.360. The van der Waals surface area contributed by atoms with Gasteiger partial charge in [-0.3, -0.25) is 9.25 Å². The van der Waals surface area contributed by atoms with Gasteiger partial charge in [-0.25, -0.2) is 4.98 Å². The highest BCUT2D eigenvalue weighted by Gasteiger charge is 2.19. The number of imidazole rings is 1. The lowest BCUT2D eigenvalue weighted by Gasteiger charge is -2.22. The highest BCUT2D eigenvalue weighted by molar-refractivity contribution is 5.77. The van der Waals surface area contributed by atoms with E-state index in [1.165, 1.54) is 12.8 Å². The van der Waals surface area contributed by atoms with Crippen LogP contribution in [0, 0.1) is 0 Å². The van der Waals surface area contributed by atoms with Crippen molar-refractivity contribution in [3.63, 3.8) is 0 Å². The highest BCUT2D eigenvalue weighted by atomic mass is 16.5. The van der Waals surface area contributed by atoms with Crippen LogP contribution < -0.4 is 5.73 Å². The highest BCUT2D eigenvalue weighted by Crippen LogP contribution is 2.24. The van der Waals surface area contributed by atoms with E-state index in [-0.39, 0.29) is 0 Å². The third-order valence-electron chi connectivity index (χ3n) is 4.26. The van der Waals surface area contributed by atoms with E-state index >= 15 is 0 Å². The lowest BCUT2D eigenvalue weighted by molar-refractivity contribution is 0.00902. The third kappa shape index (κ3) is 2.77. The quantitative estimate of drug-likeness (QED) is 0.917. The topological polar surface area (TPSA) is 70.9 Å². The molecule has 3 rings (SSSR count). The molecular formula is C15H25N5O. The SMILES string of the molecule is CCCc1nn(C)c2c1nc(N)n2CCC1CCCCO1. The number of nitrogen functional groups attached to an aromatic ring is 1. The predicted molar refractivity (Wildman–Crippen MR) is 83.1 cm³/mol. The number of ether oxygens (including phenoxy) is 1. The summed E-state index contributed by atoms with van der Waals surface area (Å²) in [5.74, 6) is 0.589. The Labute approximate surface area is 125 Å². The molecule has 0 aliphatic carbocycles. The number of rotatable bonds is 5. The first-order valence-corrected chi connectivity index (χ1v) is 8.00. The van der Waals surface area contributed by atoms with E-state index < -0.39 is 0 Å². The maximum Gasteiger partial charge on any atom is 0.202 e. The van der Waals surface area contributed by atoms with Crippen molar-refractivity contribution in [2.75, 3.05) is 12.3 Å². The maximum absolute atomic E-state index is 6.12. The Morgan fingerprint density at radius 2 is 2.24 bits per heavy atom. The van der Waals surface area contributed by atoms with Crippen LogP contribution >= 0.6 is 0 Å². The Morgan fingerprint density at radius 1 is 1.38 bits per heavy atom. The molecule has 1 saturated heterocycles. The van der Waals surface area contributed by atoms with Crippen LogP contribution in [0.4, 0.5) is 5.95 Å². The average molecular weight is 291 g/mol. The van der Waals surface area contributed by atoms with Gasteiger partial charge in [-0.15, -0.1) is 0 Å². The lowest BCUT2D eigenvalue weighted by Crippen LogP contribution is -2.21. The van der Waals surface area contributed by atoms with E-state index in [0.29, 0.717) is 12.1 Å². The fourth-order valence-electron chi connectivity index (χ4n) is 3.19. The monoisotopic (exact) mass is 291 g/mol. The number of nitrogens with two attached hydrogens (primary N) is 1. The number of aryl methyl sites for hydroxylation is 3. The van der Waals surface area contributed by atoms with Crippen molar-refractivity contribution in [3.8, 4) is 0 Å². The first-order chi connectivity index (χ1) is 10.2. The Morgan fingerprint density at radius 3 is 2.95 bits per heavy atom. The average Bonchev–Trinajstić information content (AvgIpc) is 2.96. The summed E-state index contributed by atoms with van der Waals surface area (Å²) in [6, 6.07) is 0. The zero-order valence-electron chi connectivity index (χ0n) is 13.0. The lowest BCUT2D eigenvalue weighted by atomic mass is 10.1. The summed E-state index contributed by atoms with van der Waals surface area (Å²) in [5, 5.41) is 4.58. The van der Waals surface area contributed by atoms with Crippen molar-refractivity contribution in [2.45, 2.75) is 58.1 Å². The van der Waals surface area contributed by atoms with Gasteiger partial charge < -0.3 is 10.5 Å². The molecule has 1 aliphatic heterocycles. The second-order valence-electron chi connectivity index (χ2n) is 5.89. The molecule has 2 aromatic heterocycles. The Bertz CT molecular complexity index is 609. The number of hydrogen-bond donors (Lipinski definition) is 1. The molecule has 6 nitrogen and oxygen atoms in total. The summed E-state index contributed by atoms with van der Waals surface area (Å²) in [4.78, 5) is 4.53. The molecular weight excluding hydrogens is 266 g/mol. The van der Waals surface area contributed by atoms with Crippen molar-refractivity contribution < 1.29 is 4.74 Å². The van der Waals surface area contributed by atoms with Gasteiger partial charge in [0, 0.05) is 20.2 Å². The zero-order chi connectivity index (χ0) is 14.8. The molecule has 6 heteroatoms. The Kier molecular flexibility index (Phi) is 4.14. The molecule has 0 aromatic carbocycles. The number of anilines is 1. The van der Waals surface area contributed by atoms with Gasteiger partial charge in [0.25, 0.3) is 0 Å². The van der Waals surface area contributed by atoms with Crippen molar-refractivity contribution in [1.29, 1.82) is 0 Å². The van der Waals surface area contributed by atoms with E-state index in [9.17, 15) is 0 Å². The van der Waals surface area contributed by atoms with Gasteiger partial charge >= 0.3 is 0 Å². The van der Waals surface area contributed by atoms with Crippen molar-refractivity contribution in [2.24, 2.45) is 7.05 Å². The van der Waals surface area contributed by atoms with Gasteiger partial charge in [-0.2, -0.15) is 5.10 Å². The molecule has 0 amide bonds. The summed E-state index contributed by atoms with van der Waals surface area (Å²) in [6.07, 6.45) is 6.98. The van der Waals surface area contributed by atoms with Crippen LogP contribution in [0.15, 0.2) is 0 Å². The van der Waals surface area contributed by atoms with Crippen LogP contribution in [0.5, 0.6) is 0 Å². The van der Waals surface area contributed by atoms with E-state index in [1.807, 2.05) is 11.7 Å². The summed E-state index contributed by atoms with van der Waals surface area (Å²) < 4.78 is 9.80. The molecule has 0 saturated carbocycles. The van der Waals surface area contributed by atoms with E-state index in [0.717, 1.165) is 55.7 Å². The Hall–Kier alpha value is -1.56. The molecule has 0 spiro atoms. The van der Waals surface area contributed by atoms with Crippen molar-refractivity contribution in [3.05, 3.63) is 5.69 Å². The molecule has 0 bridgehead atoms. The molecule has 3 heterocycles. The molecule has 116 valence electrons. The normalized spacial score (nSPS) is 19.4. The molecule has 2 N–H and O–H groups in total. The summed E-state index contributed by atoms with van der Waals surface area (Å²) >= 11 is 0. The van der Waals surface area contributed by atoms with Crippen LogP contribution in [-0.4, -0.2) is 32.0 Å². The largest absolute Gasteiger partial charge is 0.378 e. The van der Waals surface area contributed by atoms with E-state index in [4.69, 9.17) is 10.5 Å². The van der Waals surface area contributed by atoms with Gasteiger partial charge in [-0.1, -0.05) is 13.3 Å². The predicted octanol–water partition coefficient (Wildman–Crippen LogP) is 2.26. The van der Waals surface area contributed by atoms with Crippen LogP contribution in [0.2, 0.25) is 0 Å². The van der Waals surface area contributed by atoms with Crippen molar-refractivity contribution in [1.82, 2.24) is 19.3 Å². The number of aromatic nitrogens is 4. The van der Waals surface area contributed by atoms with Gasteiger partial charge in [0.15, 0.2) is 5.65 Å². The van der Waals surface area contributed by atoms with Crippen LogP contribution in [-0.2, 0) is 24.8 Å². The number of nitrogens with zero attached hydrogens (tertiary/aromatic N) is 4. The summed E-state index contributed by atoms with van der Waals surface area (Å²) in [7, 11) is 1.97. The fraction of sp³-hybridized carbons (Fsp3) is 0.733. The van der Waals surface area contributed by atoms with E-state index in [1.54, 1.807) is 0 Å². The summed E-state index contributed by atoms with van der Waals surface area (Å²) in [5.41, 5.74) is 9.16. The molecule has 1 fully saturated rings. The second-order valence-corrected chi connectivity index (χ2v) is 5.89. The fourth-order valence-corrected chi connectivity index (χ4v) is 3.19. The number of fused-ring (bicyclic) bond motifs is 1. The molecule has 0 radical (unpaired) electrons. The molecule has 1 atom stereocenters. The van der Waals surface area contributed by atoms with Gasteiger partial charge in [0.1, 0.15) is 5.52 Å². The summed E-state index contributed by atoms with van der Waals surface area (Å²) in [6.45, 7) is 3.89. The van der Waals surface area contributed by atoms with Crippen molar-refractivity contribution >= 4 is 17.1 Å². The minimum atomic E-state index is 0.360. The number of hydrogen-bond acceptors (Lipinski definition) is 4. The Balaban J connectivity index is 1.82. The van der Waals surface area contributed by atoms with Gasteiger partial charge in [0.2, 0.25) is 5.95 Å². The smallest absolute Gasteiger partial charge is 0.202 e. The van der Waals surface area contributed by atoms with Gasteiger partial charge in [-0.05, 0) is 32.1 Å². The molecule has 1 unspecified atom stereocenters. The molecule has 21 heavy (non-hydrogen) atoms. The molecule has 2 aromatic rings. The van der Waals surface area contributed by atoms with Crippen LogP contribution in [0.25, 0.3) is 11.2 Å². The van der Waals surface area contributed by atoms with Crippen LogP contribution in [0.1, 0.15) is 44.7 Å². The first kappa shape index (κ1) is 14.4. The minimum Gasteiger partial charge on any atom is -0.378 e. The maximum atomic E-state index is 6.12. The van der Waals surface area contributed by atoms with Gasteiger partial charge in [0.05, 0.1) is 11.8 Å². The second kappa shape index (κ2) is 6.05. The van der Waals surface area contributed by atoms with E-state index in [2.05, 4.69) is 21.6 Å². The third-order valence-corrected chi connectivity index (χ3v) is 4.26.